The molecule has 0 radical (unpaired) electrons. The van der Waals surface area contributed by atoms with E-state index in [1.807, 2.05) is 6.07 Å². The fraction of sp³-hybridized carbons (Fsp3) is 0.571. The van der Waals surface area contributed by atoms with Gasteiger partial charge in [0.1, 0.15) is 16.7 Å². The van der Waals surface area contributed by atoms with Crippen molar-refractivity contribution in [2.75, 3.05) is 19.6 Å². The van der Waals surface area contributed by atoms with Gasteiger partial charge < -0.3 is 4.90 Å². The molecule has 1 saturated heterocycles. The molecule has 0 bridgehead atoms. The minimum absolute atomic E-state index is 0.0289. The smallest absolute Gasteiger partial charge is 0.242 e. The Morgan fingerprint density at radius 3 is 2.67 bits per heavy atom. The second kappa shape index (κ2) is 6.98. The Kier molecular flexibility index (Phi) is 5.28. The van der Waals surface area contributed by atoms with Crippen LogP contribution in [0.25, 0.3) is 0 Å². The van der Waals surface area contributed by atoms with Gasteiger partial charge in [0.05, 0.1) is 0 Å². The summed E-state index contributed by atoms with van der Waals surface area (Å²) in [6, 6.07) is 4.67. The van der Waals surface area contributed by atoms with Crippen molar-refractivity contribution in [3.63, 3.8) is 0 Å². The molecule has 6 nitrogen and oxygen atoms in total. The van der Waals surface area contributed by atoms with Gasteiger partial charge in [-0.25, -0.2) is 18.1 Å². The second-order valence-electron chi connectivity index (χ2n) is 5.23. The molecule has 1 aromatic rings. The molecule has 1 aliphatic heterocycles. The van der Waals surface area contributed by atoms with Gasteiger partial charge in [-0.05, 0) is 51.0 Å². The van der Waals surface area contributed by atoms with E-state index in [0.717, 1.165) is 38.9 Å². The number of nitrogens with one attached hydrogen (secondary N) is 1. The predicted molar refractivity (Wildman–Crippen MR) is 79.0 cm³/mol. The molecule has 1 aliphatic rings. The maximum Gasteiger partial charge on any atom is 0.242 e. The summed E-state index contributed by atoms with van der Waals surface area (Å²) in [5.74, 6) is 0. The molecule has 0 aliphatic carbocycles. The minimum Gasteiger partial charge on any atom is -0.303 e. The van der Waals surface area contributed by atoms with Gasteiger partial charge in [0.25, 0.3) is 0 Å². The highest BCUT2D eigenvalue weighted by Crippen LogP contribution is 2.15. The van der Waals surface area contributed by atoms with Gasteiger partial charge >= 0.3 is 0 Å². The summed E-state index contributed by atoms with van der Waals surface area (Å²) in [5, 5.41) is 8.68. The third kappa shape index (κ3) is 4.24. The van der Waals surface area contributed by atoms with Crippen LogP contribution < -0.4 is 4.72 Å². The molecule has 114 valence electrons. The maximum atomic E-state index is 12.3. The number of hydrogen-bond acceptors (Lipinski definition) is 5. The van der Waals surface area contributed by atoms with Gasteiger partial charge in [-0.3, -0.25) is 0 Å². The van der Waals surface area contributed by atoms with Crippen LogP contribution in [0.2, 0.25) is 0 Å². The third-order valence-corrected chi connectivity index (χ3v) is 5.12. The number of rotatable bonds is 5. The maximum absolute atomic E-state index is 12.3. The normalized spacial score (nSPS) is 17.5. The Hall–Kier alpha value is -1.49. The highest BCUT2D eigenvalue weighted by Gasteiger charge is 2.24. The number of pyridine rings is 1. The van der Waals surface area contributed by atoms with Crippen LogP contribution in [0.4, 0.5) is 0 Å². The number of likely N-dealkylation sites (tertiary alicyclic amines) is 1. The largest absolute Gasteiger partial charge is 0.303 e. The van der Waals surface area contributed by atoms with Gasteiger partial charge in [-0.15, -0.1) is 0 Å². The Morgan fingerprint density at radius 1 is 1.43 bits per heavy atom. The average molecular weight is 308 g/mol. The number of piperidine rings is 1. The van der Waals surface area contributed by atoms with Gasteiger partial charge in [-0.2, -0.15) is 5.26 Å². The summed E-state index contributed by atoms with van der Waals surface area (Å²) in [5.41, 5.74) is 0.210. The molecule has 0 spiro atoms. The predicted octanol–water partition coefficient (Wildman–Crippen LogP) is 1.11. The van der Waals surface area contributed by atoms with Crippen molar-refractivity contribution in [3.05, 3.63) is 24.0 Å². The molecule has 2 rings (SSSR count). The van der Waals surface area contributed by atoms with Crippen LogP contribution in [0.1, 0.15) is 31.9 Å². The molecule has 7 heteroatoms. The molecular weight excluding hydrogens is 288 g/mol. The van der Waals surface area contributed by atoms with Gasteiger partial charge in [0.2, 0.25) is 10.0 Å². The summed E-state index contributed by atoms with van der Waals surface area (Å²) in [7, 11) is -3.56. The van der Waals surface area contributed by atoms with Crippen molar-refractivity contribution in [2.45, 2.75) is 37.1 Å². The van der Waals surface area contributed by atoms with Crippen LogP contribution in [-0.2, 0) is 10.0 Å². The van der Waals surface area contributed by atoms with E-state index in [1.54, 1.807) is 0 Å². The number of hydrogen-bond donors (Lipinski definition) is 1. The van der Waals surface area contributed by atoms with Crippen molar-refractivity contribution in [1.29, 1.82) is 5.26 Å². The van der Waals surface area contributed by atoms with Crippen LogP contribution in [0.15, 0.2) is 23.2 Å². The van der Waals surface area contributed by atoms with Gasteiger partial charge in [0.15, 0.2) is 0 Å². The summed E-state index contributed by atoms with van der Waals surface area (Å²) in [6.07, 6.45) is 3.99. The fourth-order valence-electron chi connectivity index (χ4n) is 2.48. The zero-order valence-electron chi connectivity index (χ0n) is 12.1. The van der Waals surface area contributed by atoms with Gasteiger partial charge in [0, 0.05) is 12.2 Å². The third-order valence-electron chi connectivity index (χ3n) is 3.61. The number of nitriles is 1. The van der Waals surface area contributed by atoms with Crippen molar-refractivity contribution < 1.29 is 8.42 Å². The zero-order chi connectivity index (χ0) is 15.3. The number of sulfonamides is 1. The number of aromatic nitrogens is 1. The van der Waals surface area contributed by atoms with Crippen LogP contribution in [-0.4, -0.2) is 44.0 Å². The van der Waals surface area contributed by atoms with Crippen molar-refractivity contribution >= 4 is 10.0 Å². The molecule has 0 amide bonds. The second-order valence-corrected chi connectivity index (χ2v) is 6.94. The van der Waals surface area contributed by atoms with Crippen LogP contribution in [0.3, 0.4) is 0 Å². The highest BCUT2D eigenvalue weighted by molar-refractivity contribution is 7.89. The lowest BCUT2D eigenvalue weighted by Crippen LogP contribution is -2.44. The Bertz CT molecular complexity index is 599. The van der Waals surface area contributed by atoms with Crippen LogP contribution >= 0.6 is 0 Å². The Morgan fingerprint density at radius 2 is 2.14 bits per heavy atom. The molecule has 0 saturated carbocycles. The first-order chi connectivity index (χ1) is 10.0. The summed E-state index contributed by atoms with van der Waals surface area (Å²) in [6.45, 7) is 5.06. The van der Waals surface area contributed by atoms with Crippen molar-refractivity contribution in [2.24, 2.45) is 0 Å². The first-order valence-electron chi connectivity index (χ1n) is 7.16. The van der Waals surface area contributed by atoms with Crippen molar-refractivity contribution in [3.8, 4) is 6.07 Å². The Labute approximate surface area is 125 Å². The van der Waals surface area contributed by atoms with E-state index in [-0.39, 0.29) is 16.6 Å². The quantitative estimate of drug-likeness (QED) is 0.880. The van der Waals surface area contributed by atoms with E-state index in [4.69, 9.17) is 5.26 Å². The summed E-state index contributed by atoms with van der Waals surface area (Å²) in [4.78, 5) is 6.27. The monoisotopic (exact) mass is 308 g/mol. The van der Waals surface area contributed by atoms with Gasteiger partial charge in [-0.1, -0.05) is 6.92 Å². The van der Waals surface area contributed by atoms with E-state index in [9.17, 15) is 8.42 Å². The molecule has 0 aromatic carbocycles. The van der Waals surface area contributed by atoms with E-state index in [2.05, 4.69) is 21.5 Å². The number of nitrogens with zero attached hydrogens (tertiary/aromatic N) is 3. The van der Waals surface area contributed by atoms with E-state index < -0.39 is 10.0 Å². The van der Waals surface area contributed by atoms with Crippen molar-refractivity contribution in [1.82, 2.24) is 14.6 Å². The lowest BCUT2D eigenvalue weighted by Gasteiger charge is -2.31. The molecule has 1 aromatic heterocycles. The summed E-state index contributed by atoms with van der Waals surface area (Å²) >= 11 is 0. The van der Waals surface area contributed by atoms with E-state index >= 15 is 0 Å². The Balaban J connectivity index is 1.97. The molecule has 2 heterocycles. The molecule has 21 heavy (non-hydrogen) atoms. The molecule has 1 fully saturated rings. The standard InChI is InChI=1S/C14H20N4O2S/c1-2-7-18-8-5-12(6-9-18)17-21(19,20)14-4-3-13(10-15)16-11-14/h3-4,11-12,17H,2,5-9H2,1H3. The summed E-state index contributed by atoms with van der Waals surface area (Å²) < 4.78 is 27.3. The highest BCUT2D eigenvalue weighted by atomic mass is 32.2. The minimum atomic E-state index is -3.56. The van der Waals surface area contributed by atoms with Crippen LogP contribution in [0, 0.1) is 11.3 Å². The lowest BCUT2D eigenvalue weighted by molar-refractivity contribution is 0.208. The SMILES string of the molecule is CCCN1CCC(NS(=O)(=O)c2ccc(C#N)nc2)CC1. The van der Waals surface area contributed by atoms with E-state index in [1.165, 1.54) is 18.3 Å². The average Bonchev–Trinajstić information content (AvgIpc) is 2.49. The molecule has 1 N–H and O–H groups in total. The molecule has 0 atom stereocenters. The molecular formula is C14H20N4O2S. The van der Waals surface area contributed by atoms with Crippen LogP contribution in [0.5, 0.6) is 0 Å². The zero-order valence-corrected chi connectivity index (χ0v) is 12.9. The lowest BCUT2D eigenvalue weighted by atomic mass is 10.1. The first kappa shape index (κ1) is 15.9. The first-order valence-corrected chi connectivity index (χ1v) is 8.64. The topological polar surface area (TPSA) is 86.1 Å². The fourth-order valence-corrected chi connectivity index (χ4v) is 3.73. The van der Waals surface area contributed by atoms with E-state index in [0.29, 0.717) is 0 Å². The molecule has 0 unspecified atom stereocenters.